The van der Waals surface area contributed by atoms with Gasteiger partial charge in [-0.3, -0.25) is 0 Å². The molecule has 0 aliphatic carbocycles. The van der Waals surface area contributed by atoms with E-state index >= 15 is 0 Å². The first kappa shape index (κ1) is 11.5. The van der Waals surface area contributed by atoms with Crippen LogP contribution < -0.4 is 5.73 Å². The van der Waals surface area contributed by atoms with Crippen molar-refractivity contribution in [1.29, 1.82) is 0 Å². The molecule has 1 atom stereocenters. The summed E-state index contributed by atoms with van der Waals surface area (Å²) in [7, 11) is 0. The number of nitrogens with two attached hydrogens (primary N) is 1. The van der Waals surface area contributed by atoms with E-state index in [1.807, 2.05) is 0 Å². The second kappa shape index (κ2) is 4.29. The first-order chi connectivity index (χ1) is 6.49. The lowest BCUT2D eigenvalue weighted by Gasteiger charge is -2.11. The zero-order valence-electron chi connectivity index (χ0n) is 6.90. The van der Waals surface area contributed by atoms with Crippen LogP contribution in [0.4, 0.5) is 13.2 Å². The summed E-state index contributed by atoms with van der Waals surface area (Å²) in [6.07, 6.45) is -1.48. The third kappa shape index (κ3) is 1.92. The quantitative estimate of drug-likeness (QED) is 0.636. The molecule has 78 valence electrons. The molecule has 0 saturated carbocycles. The Balaban J connectivity index is 3.36. The number of benzene rings is 1. The molecule has 0 radical (unpaired) electrons. The number of aliphatic hydroxyl groups excluding tert-OH is 1. The minimum absolute atomic E-state index is 0.341. The van der Waals surface area contributed by atoms with E-state index in [2.05, 4.69) is 15.9 Å². The van der Waals surface area contributed by atoms with Gasteiger partial charge in [-0.1, -0.05) is 0 Å². The second-order valence-electron chi connectivity index (χ2n) is 2.63. The summed E-state index contributed by atoms with van der Waals surface area (Å²) < 4.78 is 38.5. The monoisotopic (exact) mass is 269 g/mol. The highest BCUT2D eigenvalue weighted by Gasteiger charge is 2.21. The van der Waals surface area contributed by atoms with E-state index in [4.69, 9.17) is 10.8 Å². The zero-order valence-corrected chi connectivity index (χ0v) is 8.48. The van der Waals surface area contributed by atoms with E-state index in [0.717, 1.165) is 0 Å². The average Bonchev–Trinajstić information content (AvgIpc) is 2.14. The Bertz CT molecular complexity index is 359. The van der Waals surface area contributed by atoms with Gasteiger partial charge in [-0.2, -0.15) is 0 Å². The highest BCUT2D eigenvalue weighted by molar-refractivity contribution is 9.10. The van der Waals surface area contributed by atoms with Crippen LogP contribution in [-0.2, 0) is 0 Å². The molecular weight excluding hydrogens is 263 g/mol. The second-order valence-corrected chi connectivity index (χ2v) is 3.43. The van der Waals surface area contributed by atoms with Crippen LogP contribution in [0.1, 0.15) is 11.7 Å². The fourth-order valence-corrected chi connectivity index (χ4v) is 1.33. The maximum absolute atomic E-state index is 13.2. The standard InChI is InChI=1S/C8H7BrF3NO/c9-7-4(11)1-3(10)6(8(7)12)5(14)2-13/h1,5,14H,2,13H2. The molecule has 1 unspecified atom stereocenters. The molecule has 0 saturated heterocycles. The zero-order chi connectivity index (χ0) is 10.9. The Hall–Kier alpha value is -0.590. The van der Waals surface area contributed by atoms with Crippen LogP contribution in [0, 0.1) is 17.5 Å². The van der Waals surface area contributed by atoms with Crippen molar-refractivity contribution in [2.24, 2.45) is 5.73 Å². The van der Waals surface area contributed by atoms with Crippen molar-refractivity contribution >= 4 is 15.9 Å². The normalized spacial score (nSPS) is 13.0. The van der Waals surface area contributed by atoms with Crippen molar-refractivity contribution in [3.8, 4) is 0 Å². The summed E-state index contributed by atoms with van der Waals surface area (Å²) in [6, 6.07) is 0.487. The van der Waals surface area contributed by atoms with E-state index in [1.165, 1.54) is 0 Å². The van der Waals surface area contributed by atoms with Gasteiger partial charge in [0.2, 0.25) is 0 Å². The van der Waals surface area contributed by atoms with Gasteiger partial charge in [-0.15, -0.1) is 0 Å². The van der Waals surface area contributed by atoms with Crippen molar-refractivity contribution < 1.29 is 18.3 Å². The Morgan fingerprint density at radius 1 is 1.36 bits per heavy atom. The molecule has 0 amide bonds. The molecule has 0 heterocycles. The molecule has 0 aliphatic rings. The lowest BCUT2D eigenvalue weighted by atomic mass is 10.1. The minimum Gasteiger partial charge on any atom is -0.387 e. The Kier molecular flexibility index (Phi) is 3.52. The van der Waals surface area contributed by atoms with Gasteiger partial charge in [0.25, 0.3) is 0 Å². The number of hydrogen-bond acceptors (Lipinski definition) is 2. The summed E-state index contributed by atoms with van der Waals surface area (Å²) in [6.45, 7) is -0.341. The Morgan fingerprint density at radius 2 is 1.93 bits per heavy atom. The molecule has 0 spiro atoms. The van der Waals surface area contributed by atoms with E-state index in [1.54, 1.807) is 0 Å². The first-order valence-corrected chi connectivity index (χ1v) is 4.49. The number of hydrogen-bond donors (Lipinski definition) is 2. The predicted molar refractivity (Wildman–Crippen MR) is 48.0 cm³/mol. The third-order valence-electron chi connectivity index (χ3n) is 1.71. The first-order valence-electron chi connectivity index (χ1n) is 3.70. The molecule has 1 aromatic carbocycles. The van der Waals surface area contributed by atoms with E-state index < -0.39 is 33.6 Å². The lowest BCUT2D eigenvalue weighted by Crippen LogP contribution is -2.15. The van der Waals surface area contributed by atoms with Gasteiger partial charge in [0.15, 0.2) is 0 Å². The topological polar surface area (TPSA) is 46.2 Å². The Labute approximate surface area is 86.7 Å². The predicted octanol–water partition coefficient (Wildman–Crippen LogP) is 1.86. The van der Waals surface area contributed by atoms with Gasteiger partial charge in [-0.25, -0.2) is 13.2 Å². The van der Waals surface area contributed by atoms with Gasteiger partial charge < -0.3 is 10.8 Å². The summed E-state index contributed by atoms with van der Waals surface area (Å²) >= 11 is 2.59. The fourth-order valence-electron chi connectivity index (χ4n) is 1.00. The van der Waals surface area contributed by atoms with Crippen LogP contribution in [0.3, 0.4) is 0 Å². The van der Waals surface area contributed by atoms with E-state index in [0.29, 0.717) is 6.07 Å². The highest BCUT2D eigenvalue weighted by Crippen LogP contribution is 2.28. The molecule has 0 aromatic heterocycles. The van der Waals surface area contributed by atoms with Crippen molar-refractivity contribution in [2.75, 3.05) is 6.54 Å². The highest BCUT2D eigenvalue weighted by atomic mass is 79.9. The van der Waals surface area contributed by atoms with Crippen LogP contribution in [-0.4, -0.2) is 11.7 Å². The fraction of sp³-hybridized carbons (Fsp3) is 0.250. The molecule has 0 bridgehead atoms. The summed E-state index contributed by atoms with van der Waals surface area (Å²) in [4.78, 5) is 0. The van der Waals surface area contributed by atoms with Gasteiger partial charge in [0.1, 0.15) is 17.5 Å². The number of halogens is 4. The van der Waals surface area contributed by atoms with Gasteiger partial charge >= 0.3 is 0 Å². The summed E-state index contributed by atoms with van der Waals surface area (Å²) in [5.41, 5.74) is 4.41. The van der Waals surface area contributed by atoms with Crippen LogP contribution >= 0.6 is 15.9 Å². The van der Waals surface area contributed by atoms with Gasteiger partial charge in [0, 0.05) is 12.6 Å². The Morgan fingerprint density at radius 3 is 2.43 bits per heavy atom. The largest absolute Gasteiger partial charge is 0.387 e. The summed E-state index contributed by atoms with van der Waals surface area (Å²) in [5, 5.41) is 9.16. The molecule has 0 aliphatic heterocycles. The molecule has 0 fully saturated rings. The van der Waals surface area contributed by atoms with Crippen LogP contribution in [0.15, 0.2) is 10.5 Å². The van der Waals surface area contributed by atoms with E-state index in [-0.39, 0.29) is 6.54 Å². The third-order valence-corrected chi connectivity index (χ3v) is 2.43. The smallest absolute Gasteiger partial charge is 0.149 e. The van der Waals surface area contributed by atoms with Crippen molar-refractivity contribution in [2.45, 2.75) is 6.10 Å². The van der Waals surface area contributed by atoms with Crippen LogP contribution in [0.5, 0.6) is 0 Å². The molecule has 3 N–H and O–H groups in total. The summed E-state index contributed by atoms with van der Waals surface area (Å²) in [5.74, 6) is -3.38. The van der Waals surface area contributed by atoms with Gasteiger partial charge in [0.05, 0.1) is 16.1 Å². The average molecular weight is 270 g/mol. The molecule has 1 rings (SSSR count). The van der Waals surface area contributed by atoms with E-state index in [9.17, 15) is 13.2 Å². The minimum atomic E-state index is -1.48. The molecule has 6 heteroatoms. The molecule has 2 nitrogen and oxygen atoms in total. The van der Waals surface area contributed by atoms with Crippen molar-refractivity contribution in [3.05, 3.63) is 33.6 Å². The van der Waals surface area contributed by atoms with Crippen LogP contribution in [0.25, 0.3) is 0 Å². The van der Waals surface area contributed by atoms with Gasteiger partial charge in [-0.05, 0) is 15.9 Å². The van der Waals surface area contributed by atoms with Crippen LogP contribution in [0.2, 0.25) is 0 Å². The number of aliphatic hydroxyl groups is 1. The maximum Gasteiger partial charge on any atom is 0.149 e. The maximum atomic E-state index is 13.2. The van der Waals surface area contributed by atoms with Crippen molar-refractivity contribution in [3.63, 3.8) is 0 Å². The SMILES string of the molecule is NCC(O)c1c(F)cc(F)c(Br)c1F. The number of rotatable bonds is 2. The molecule has 1 aromatic rings. The van der Waals surface area contributed by atoms with Crippen molar-refractivity contribution in [1.82, 2.24) is 0 Å². The lowest BCUT2D eigenvalue weighted by molar-refractivity contribution is 0.176. The molecular formula is C8H7BrF3NO. The molecule has 14 heavy (non-hydrogen) atoms.